The molecule has 0 N–H and O–H groups in total. The molecular weight excluding hydrogens is 695 g/mol. The summed E-state index contributed by atoms with van der Waals surface area (Å²) in [6.45, 7) is 0. The third-order valence-electron chi connectivity index (χ3n) is 12.2. The van der Waals surface area contributed by atoms with Gasteiger partial charge in [0.2, 0.25) is 0 Å². The molecule has 272 valence electrons. The summed E-state index contributed by atoms with van der Waals surface area (Å²) in [5.74, 6) is 3.00. The van der Waals surface area contributed by atoms with E-state index in [1.807, 2.05) is 12.4 Å². The molecule has 1 spiro atoms. The maximum Gasteiger partial charge on any atom is 0.136 e. The predicted octanol–water partition coefficient (Wildman–Crippen LogP) is 12.5. The number of hydrogen-bond acceptors (Lipinski definition) is 4. The highest BCUT2D eigenvalue weighted by Crippen LogP contribution is 2.62. The van der Waals surface area contributed by atoms with Crippen molar-refractivity contribution < 1.29 is 4.74 Å². The fourth-order valence-electron chi connectivity index (χ4n) is 9.40. The zero-order valence-corrected chi connectivity index (χ0v) is 31.4. The third kappa shape index (κ3) is 5.55. The molecule has 0 aromatic heterocycles. The van der Waals surface area contributed by atoms with E-state index in [2.05, 4.69) is 181 Å². The van der Waals surface area contributed by atoms with Gasteiger partial charge in [-0.1, -0.05) is 158 Å². The van der Waals surface area contributed by atoms with Gasteiger partial charge in [-0.2, -0.15) is 0 Å². The van der Waals surface area contributed by atoms with Crippen LogP contribution in [-0.4, -0.2) is 17.8 Å². The quantitative estimate of drug-likeness (QED) is 0.174. The SMILES string of the molecule is C1=CN=CC(c2ccc(C3=CCC(C4=NC(c5ccccc5)=CCC(c5ccc6c(c5)C5(c7ccccc7Oc7ccccc75)c5ccccc5-6)=N4)C=C3)cc2)C1. The number of para-hydroxylation sites is 2. The van der Waals surface area contributed by atoms with Crippen molar-refractivity contribution in [3.05, 3.63) is 227 Å². The van der Waals surface area contributed by atoms with Crippen molar-refractivity contribution in [2.45, 2.75) is 30.6 Å². The zero-order chi connectivity index (χ0) is 37.8. The van der Waals surface area contributed by atoms with E-state index in [4.69, 9.17) is 14.7 Å². The summed E-state index contributed by atoms with van der Waals surface area (Å²) in [6, 6.07) is 52.4. The molecule has 3 heterocycles. The Morgan fingerprint density at radius 1 is 0.561 bits per heavy atom. The van der Waals surface area contributed by atoms with Gasteiger partial charge >= 0.3 is 0 Å². The molecule has 4 heteroatoms. The topological polar surface area (TPSA) is 46.3 Å². The van der Waals surface area contributed by atoms with Gasteiger partial charge in [0.15, 0.2) is 0 Å². The monoisotopic (exact) mass is 733 g/mol. The van der Waals surface area contributed by atoms with E-state index >= 15 is 0 Å². The predicted molar refractivity (Wildman–Crippen MR) is 233 cm³/mol. The van der Waals surface area contributed by atoms with Gasteiger partial charge in [0.05, 0.1) is 16.8 Å². The van der Waals surface area contributed by atoms with Gasteiger partial charge in [-0.3, -0.25) is 4.99 Å². The lowest BCUT2D eigenvalue weighted by molar-refractivity contribution is 0.436. The number of hydrogen-bond donors (Lipinski definition) is 0. The molecule has 0 saturated carbocycles. The molecule has 2 atom stereocenters. The van der Waals surface area contributed by atoms with Crippen LogP contribution in [0.3, 0.4) is 0 Å². The van der Waals surface area contributed by atoms with Gasteiger partial charge in [-0.05, 0) is 81.1 Å². The lowest BCUT2D eigenvalue weighted by Gasteiger charge is -2.39. The van der Waals surface area contributed by atoms with Gasteiger partial charge < -0.3 is 4.74 Å². The Bertz CT molecular complexity index is 2750. The fraction of sp³-hybridized carbons (Fsp3) is 0.113. The number of nitrogens with zero attached hydrogens (tertiary/aromatic N) is 3. The maximum atomic E-state index is 6.59. The lowest BCUT2D eigenvalue weighted by Crippen LogP contribution is -2.32. The Labute approximate surface area is 333 Å². The standard InChI is InChI=1S/C53H39N3O/c1-2-11-38(12-3-1)48-30-31-49(56-52(55-48)39-26-24-36(25-27-39)35-20-22-37(23-21-35)41-13-10-32-54-34-41)40-28-29-43-42-14-4-5-15-44(42)53(47(43)33-40)45-16-6-8-18-50(45)57-51-19-9-7-17-46(51)53/h1-12,14-26,28-30,32-34,39,41H,13,27,31H2. The highest BCUT2D eigenvalue weighted by atomic mass is 16.5. The van der Waals surface area contributed by atoms with Crippen LogP contribution in [0.15, 0.2) is 197 Å². The first kappa shape index (κ1) is 33.4. The van der Waals surface area contributed by atoms with E-state index < -0.39 is 5.41 Å². The molecule has 11 rings (SSSR count). The molecule has 2 aliphatic carbocycles. The van der Waals surface area contributed by atoms with Gasteiger partial charge in [0.25, 0.3) is 0 Å². The second kappa shape index (κ2) is 13.7. The minimum Gasteiger partial charge on any atom is -0.457 e. The summed E-state index contributed by atoms with van der Waals surface area (Å²) < 4.78 is 6.59. The highest BCUT2D eigenvalue weighted by Gasteiger charge is 2.51. The summed E-state index contributed by atoms with van der Waals surface area (Å²) >= 11 is 0. The minimum atomic E-state index is -0.535. The Hall–Kier alpha value is -6.91. The van der Waals surface area contributed by atoms with Crippen molar-refractivity contribution in [1.29, 1.82) is 0 Å². The second-order valence-corrected chi connectivity index (χ2v) is 15.3. The lowest BCUT2D eigenvalue weighted by atomic mass is 9.66. The van der Waals surface area contributed by atoms with E-state index in [9.17, 15) is 0 Å². The van der Waals surface area contributed by atoms with Crippen LogP contribution in [0.2, 0.25) is 0 Å². The minimum absolute atomic E-state index is 0.0396. The van der Waals surface area contributed by atoms with E-state index in [1.54, 1.807) is 0 Å². The first-order chi connectivity index (χ1) is 28.2. The number of benzene rings is 6. The molecular formula is C53H39N3O. The van der Waals surface area contributed by atoms with E-state index in [0.717, 1.165) is 63.8 Å². The highest BCUT2D eigenvalue weighted by molar-refractivity contribution is 6.12. The summed E-state index contributed by atoms with van der Waals surface area (Å²) in [5, 5.41) is 0. The molecule has 0 amide bonds. The van der Waals surface area contributed by atoms with Crippen molar-refractivity contribution in [3.8, 4) is 22.6 Å². The molecule has 6 aromatic carbocycles. The van der Waals surface area contributed by atoms with Gasteiger partial charge in [-0.15, -0.1) is 0 Å². The van der Waals surface area contributed by atoms with Crippen LogP contribution in [0.1, 0.15) is 69.7 Å². The number of aliphatic imine (C=N–C) groups is 3. The zero-order valence-electron chi connectivity index (χ0n) is 31.4. The van der Waals surface area contributed by atoms with Gasteiger partial charge in [-0.25, -0.2) is 9.98 Å². The van der Waals surface area contributed by atoms with Crippen LogP contribution >= 0.6 is 0 Å². The fourth-order valence-corrected chi connectivity index (χ4v) is 9.40. The maximum absolute atomic E-state index is 6.59. The molecule has 0 fully saturated rings. The smallest absolute Gasteiger partial charge is 0.136 e. The largest absolute Gasteiger partial charge is 0.457 e. The second-order valence-electron chi connectivity index (χ2n) is 15.3. The third-order valence-corrected chi connectivity index (χ3v) is 12.2. The van der Waals surface area contributed by atoms with E-state index in [0.29, 0.717) is 12.3 Å². The summed E-state index contributed by atoms with van der Waals surface area (Å²) in [6.07, 6.45) is 17.7. The number of ether oxygens (including phenoxy) is 1. The molecule has 6 aromatic rings. The van der Waals surface area contributed by atoms with Crippen molar-refractivity contribution in [3.63, 3.8) is 0 Å². The van der Waals surface area contributed by atoms with Crippen LogP contribution in [-0.2, 0) is 5.41 Å². The summed E-state index contributed by atoms with van der Waals surface area (Å²) in [5.41, 5.74) is 14.7. The molecule has 2 unspecified atom stereocenters. The van der Waals surface area contributed by atoms with Gasteiger partial charge in [0.1, 0.15) is 17.3 Å². The molecule has 0 saturated heterocycles. The Morgan fingerprint density at radius 3 is 2.00 bits per heavy atom. The molecule has 3 aliphatic heterocycles. The average molecular weight is 734 g/mol. The van der Waals surface area contributed by atoms with Crippen LogP contribution in [0.4, 0.5) is 0 Å². The number of allylic oxidation sites excluding steroid dienone is 5. The van der Waals surface area contributed by atoms with Crippen molar-refractivity contribution in [1.82, 2.24) is 0 Å². The first-order valence-electron chi connectivity index (χ1n) is 19.9. The molecule has 57 heavy (non-hydrogen) atoms. The van der Waals surface area contributed by atoms with E-state index in [1.165, 1.54) is 39.0 Å². The normalized spacial score (nSPS) is 19.5. The number of rotatable bonds is 5. The van der Waals surface area contributed by atoms with Gasteiger partial charge in [0, 0.05) is 41.8 Å². The van der Waals surface area contributed by atoms with Crippen LogP contribution in [0, 0.1) is 5.92 Å². The molecule has 0 bridgehead atoms. The Balaban J connectivity index is 0.994. The number of fused-ring (bicyclic) bond motifs is 9. The van der Waals surface area contributed by atoms with Crippen molar-refractivity contribution in [2.24, 2.45) is 20.9 Å². The molecule has 5 aliphatic rings. The van der Waals surface area contributed by atoms with Crippen molar-refractivity contribution >= 4 is 29.0 Å². The van der Waals surface area contributed by atoms with Crippen molar-refractivity contribution in [2.75, 3.05) is 0 Å². The van der Waals surface area contributed by atoms with E-state index in [-0.39, 0.29) is 5.92 Å². The van der Waals surface area contributed by atoms with Crippen LogP contribution < -0.4 is 4.74 Å². The summed E-state index contributed by atoms with van der Waals surface area (Å²) in [4.78, 5) is 15.2. The molecule has 0 radical (unpaired) electrons. The number of amidine groups is 1. The van der Waals surface area contributed by atoms with Crippen LogP contribution in [0.25, 0.3) is 22.4 Å². The Morgan fingerprint density at radius 2 is 1.26 bits per heavy atom. The first-order valence-corrected chi connectivity index (χ1v) is 19.9. The summed E-state index contributed by atoms with van der Waals surface area (Å²) in [7, 11) is 0. The molecule has 4 nitrogen and oxygen atoms in total. The Kier molecular flexibility index (Phi) is 8.02. The van der Waals surface area contributed by atoms with Crippen LogP contribution in [0.5, 0.6) is 11.5 Å². The average Bonchev–Trinajstić information content (AvgIpc) is 3.39.